The van der Waals surface area contributed by atoms with Crippen LogP contribution in [0.2, 0.25) is 0 Å². The number of hydrogen-bond acceptors (Lipinski definition) is 8. The van der Waals surface area contributed by atoms with E-state index in [0.717, 1.165) is 22.7 Å². The van der Waals surface area contributed by atoms with Crippen molar-refractivity contribution < 1.29 is 19.1 Å². The van der Waals surface area contributed by atoms with E-state index in [1.54, 1.807) is 6.92 Å². The van der Waals surface area contributed by atoms with Crippen molar-refractivity contribution in [1.82, 2.24) is 14.8 Å². The highest BCUT2D eigenvalue weighted by atomic mass is 32.2. The first-order chi connectivity index (χ1) is 14.8. The van der Waals surface area contributed by atoms with Crippen molar-refractivity contribution in [1.29, 1.82) is 0 Å². The number of aromatic nitrogens is 3. The van der Waals surface area contributed by atoms with Crippen LogP contribution in [0.1, 0.15) is 37.0 Å². The number of rotatable bonds is 8. The number of amides is 2. The molecule has 0 saturated heterocycles. The molecule has 0 unspecified atom stereocenters. The van der Waals surface area contributed by atoms with Gasteiger partial charge in [-0.05, 0) is 18.1 Å². The van der Waals surface area contributed by atoms with Gasteiger partial charge >= 0.3 is 5.97 Å². The Bertz CT molecular complexity index is 1120. The second-order valence-electron chi connectivity index (χ2n) is 6.57. The molecule has 2 aromatic heterocycles. The topological polar surface area (TPSA) is 129 Å². The maximum Gasteiger partial charge on any atom is 0.341 e. The van der Waals surface area contributed by atoms with Crippen LogP contribution in [0.15, 0.2) is 35.5 Å². The first kappa shape index (κ1) is 22.5. The normalized spacial score (nSPS) is 10.7. The Labute approximate surface area is 187 Å². The summed E-state index contributed by atoms with van der Waals surface area (Å²) in [6.07, 6.45) is 0.629. The molecule has 0 saturated carbocycles. The maximum absolute atomic E-state index is 12.5. The average molecular weight is 460 g/mol. The molecule has 0 fully saturated rings. The monoisotopic (exact) mass is 459 g/mol. The number of nitrogens with two attached hydrogens (primary N) is 1. The summed E-state index contributed by atoms with van der Waals surface area (Å²) in [4.78, 5) is 36.4. The summed E-state index contributed by atoms with van der Waals surface area (Å²) in [6, 6.07) is 9.90. The molecule has 3 aromatic rings. The lowest BCUT2D eigenvalue weighted by molar-refractivity contribution is -0.113. The number of benzene rings is 1. The third-order valence-corrected chi connectivity index (χ3v) is 6.72. The van der Waals surface area contributed by atoms with Gasteiger partial charge in [0.1, 0.15) is 10.8 Å². The summed E-state index contributed by atoms with van der Waals surface area (Å²) < 4.78 is 6.61. The van der Waals surface area contributed by atoms with Crippen LogP contribution in [0.5, 0.6) is 0 Å². The molecule has 0 atom stereocenters. The van der Waals surface area contributed by atoms with E-state index in [9.17, 15) is 14.4 Å². The zero-order chi connectivity index (χ0) is 22.5. The first-order valence-electron chi connectivity index (χ1n) is 9.18. The molecule has 162 valence electrons. The third-order valence-electron chi connectivity index (χ3n) is 4.48. The van der Waals surface area contributed by atoms with Gasteiger partial charge < -0.3 is 20.4 Å². The number of primary amides is 1. The Morgan fingerprint density at radius 1 is 1.23 bits per heavy atom. The minimum absolute atomic E-state index is 0.0424. The predicted molar refractivity (Wildman–Crippen MR) is 119 cm³/mol. The van der Waals surface area contributed by atoms with Gasteiger partial charge in [0, 0.05) is 13.5 Å². The van der Waals surface area contributed by atoms with E-state index in [1.807, 2.05) is 41.9 Å². The molecular formula is C20H21N5O4S2. The molecule has 11 heteroatoms. The lowest BCUT2D eigenvalue weighted by Gasteiger charge is -2.06. The van der Waals surface area contributed by atoms with E-state index >= 15 is 0 Å². The molecule has 2 amide bonds. The van der Waals surface area contributed by atoms with E-state index < -0.39 is 11.9 Å². The average Bonchev–Trinajstić information content (AvgIpc) is 3.26. The Kier molecular flexibility index (Phi) is 7.08. The molecule has 31 heavy (non-hydrogen) atoms. The zero-order valence-electron chi connectivity index (χ0n) is 17.2. The minimum Gasteiger partial charge on any atom is -0.465 e. The van der Waals surface area contributed by atoms with Crippen LogP contribution in [0.25, 0.3) is 0 Å². The van der Waals surface area contributed by atoms with Gasteiger partial charge in [-0.2, -0.15) is 0 Å². The fourth-order valence-electron chi connectivity index (χ4n) is 2.88. The number of ether oxygens (including phenoxy) is 1. The molecule has 0 aliphatic heterocycles. The number of esters is 1. The maximum atomic E-state index is 12.5. The SMILES string of the molecule is COC(=O)c1c(NC(=O)CSc2nnc(Cc3ccccc3)n2C)sc(C(N)=O)c1C. The van der Waals surface area contributed by atoms with Gasteiger partial charge in [-0.25, -0.2) is 4.79 Å². The zero-order valence-corrected chi connectivity index (χ0v) is 18.8. The molecular weight excluding hydrogens is 438 g/mol. The predicted octanol–water partition coefficient (Wildman–Crippen LogP) is 2.39. The molecule has 1 aromatic carbocycles. The van der Waals surface area contributed by atoms with Crippen molar-refractivity contribution >= 4 is 45.9 Å². The number of methoxy groups -OCH3 is 1. The largest absolute Gasteiger partial charge is 0.465 e. The molecule has 0 bridgehead atoms. The van der Waals surface area contributed by atoms with E-state index in [2.05, 4.69) is 15.5 Å². The molecule has 2 heterocycles. The lowest BCUT2D eigenvalue weighted by atomic mass is 10.1. The molecule has 0 aliphatic carbocycles. The van der Waals surface area contributed by atoms with Gasteiger partial charge in [0.15, 0.2) is 5.16 Å². The Morgan fingerprint density at radius 2 is 1.94 bits per heavy atom. The number of anilines is 1. The van der Waals surface area contributed by atoms with Crippen molar-refractivity contribution in [2.75, 3.05) is 18.2 Å². The summed E-state index contributed by atoms with van der Waals surface area (Å²) >= 11 is 2.16. The number of nitrogens with one attached hydrogen (secondary N) is 1. The van der Waals surface area contributed by atoms with Crippen molar-refractivity contribution in [2.24, 2.45) is 12.8 Å². The molecule has 3 N–H and O–H groups in total. The van der Waals surface area contributed by atoms with E-state index in [-0.39, 0.29) is 27.1 Å². The van der Waals surface area contributed by atoms with Crippen LogP contribution in [0, 0.1) is 6.92 Å². The summed E-state index contributed by atoms with van der Waals surface area (Å²) in [5.74, 6) is -0.862. The number of carbonyl (C=O) groups is 3. The highest BCUT2D eigenvalue weighted by molar-refractivity contribution is 7.99. The van der Waals surface area contributed by atoms with Gasteiger partial charge in [-0.3, -0.25) is 9.59 Å². The summed E-state index contributed by atoms with van der Waals surface area (Å²) in [7, 11) is 3.07. The Balaban J connectivity index is 1.68. The smallest absolute Gasteiger partial charge is 0.341 e. The van der Waals surface area contributed by atoms with Crippen LogP contribution in [-0.2, 0) is 23.0 Å². The fraction of sp³-hybridized carbons (Fsp3) is 0.250. The summed E-state index contributed by atoms with van der Waals surface area (Å²) in [5, 5.41) is 11.9. The van der Waals surface area contributed by atoms with Crippen LogP contribution < -0.4 is 11.1 Å². The van der Waals surface area contributed by atoms with Crippen LogP contribution >= 0.6 is 23.1 Å². The fourth-order valence-corrected chi connectivity index (χ4v) is 4.67. The number of hydrogen-bond donors (Lipinski definition) is 2. The third kappa shape index (κ3) is 5.12. The van der Waals surface area contributed by atoms with Crippen LogP contribution in [-0.4, -0.2) is 45.4 Å². The van der Waals surface area contributed by atoms with Gasteiger partial charge in [0.05, 0.1) is 23.3 Å². The van der Waals surface area contributed by atoms with E-state index in [0.29, 0.717) is 17.1 Å². The Hall–Kier alpha value is -3.18. The van der Waals surface area contributed by atoms with Crippen molar-refractivity contribution in [2.45, 2.75) is 18.5 Å². The van der Waals surface area contributed by atoms with Gasteiger partial charge in [-0.15, -0.1) is 21.5 Å². The number of thioether (sulfide) groups is 1. The van der Waals surface area contributed by atoms with Gasteiger partial charge in [0.2, 0.25) is 5.91 Å². The second kappa shape index (κ2) is 9.75. The number of thiophene rings is 1. The summed E-state index contributed by atoms with van der Waals surface area (Å²) in [6.45, 7) is 1.58. The standard InChI is InChI=1S/C20H21N5O4S2/c1-11-15(19(28)29-3)18(31-16(11)17(21)27)22-14(26)10-30-20-24-23-13(25(20)2)9-12-7-5-4-6-8-12/h4-8H,9-10H2,1-3H3,(H2,21,27)(H,22,26). The Morgan fingerprint density at radius 3 is 2.58 bits per heavy atom. The summed E-state index contributed by atoms with van der Waals surface area (Å²) in [5.41, 5.74) is 6.98. The highest BCUT2D eigenvalue weighted by Gasteiger charge is 2.25. The number of nitrogens with zero attached hydrogens (tertiary/aromatic N) is 3. The van der Waals surface area contributed by atoms with Gasteiger partial charge in [0.25, 0.3) is 5.91 Å². The molecule has 3 rings (SSSR count). The second-order valence-corrected chi connectivity index (χ2v) is 8.54. The minimum atomic E-state index is -0.674. The molecule has 0 aliphatic rings. The van der Waals surface area contributed by atoms with Crippen molar-refractivity contribution in [3.05, 3.63) is 57.7 Å². The van der Waals surface area contributed by atoms with Crippen molar-refractivity contribution in [3.63, 3.8) is 0 Å². The molecule has 0 radical (unpaired) electrons. The first-order valence-corrected chi connectivity index (χ1v) is 11.0. The van der Waals surface area contributed by atoms with Crippen LogP contribution in [0.4, 0.5) is 5.00 Å². The lowest BCUT2D eigenvalue weighted by Crippen LogP contribution is -2.16. The van der Waals surface area contributed by atoms with E-state index in [1.165, 1.54) is 18.9 Å². The van der Waals surface area contributed by atoms with Gasteiger partial charge in [-0.1, -0.05) is 42.1 Å². The quantitative estimate of drug-likeness (QED) is 0.391. The number of carbonyl (C=O) groups excluding carboxylic acids is 3. The molecule has 9 nitrogen and oxygen atoms in total. The van der Waals surface area contributed by atoms with Crippen LogP contribution in [0.3, 0.4) is 0 Å². The molecule has 0 spiro atoms. The highest BCUT2D eigenvalue weighted by Crippen LogP contribution is 2.33. The van der Waals surface area contributed by atoms with Crippen molar-refractivity contribution in [3.8, 4) is 0 Å². The van der Waals surface area contributed by atoms with E-state index in [4.69, 9.17) is 10.5 Å².